The lowest BCUT2D eigenvalue weighted by Gasteiger charge is -2.07. The Morgan fingerprint density at radius 2 is 1.90 bits per heavy atom. The smallest absolute Gasteiger partial charge is 0.437 e. The standard InChI is InChI=1S/C15H22N2O3/c1-4-5-6-11-19-14-9-7-13(8-10-14)16-15(18)20-17-12(2)3/h7-10H,4-6,11H2,1-3H3,(H,16,18). The molecule has 0 aliphatic heterocycles. The highest BCUT2D eigenvalue weighted by molar-refractivity contribution is 5.86. The second-order valence-electron chi connectivity index (χ2n) is 4.62. The Labute approximate surface area is 120 Å². The molecule has 5 nitrogen and oxygen atoms in total. The number of ether oxygens (including phenoxy) is 1. The molecule has 1 amide bonds. The fourth-order valence-corrected chi connectivity index (χ4v) is 1.45. The molecule has 20 heavy (non-hydrogen) atoms. The van der Waals surface area contributed by atoms with Crippen molar-refractivity contribution >= 4 is 17.5 Å². The van der Waals surface area contributed by atoms with Gasteiger partial charge >= 0.3 is 6.09 Å². The number of anilines is 1. The Balaban J connectivity index is 2.38. The summed E-state index contributed by atoms with van der Waals surface area (Å²) in [6.45, 7) is 6.37. The van der Waals surface area contributed by atoms with Gasteiger partial charge in [-0.05, 0) is 44.5 Å². The first-order valence-electron chi connectivity index (χ1n) is 6.84. The number of carbonyl (C=O) groups excluding carboxylic acids is 1. The van der Waals surface area contributed by atoms with Crippen molar-refractivity contribution in [3.05, 3.63) is 24.3 Å². The van der Waals surface area contributed by atoms with E-state index < -0.39 is 6.09 Å². The lowest BCUT2D eigenvalue weighted by molar-refractivity contribution is 0.166. The Hall–Kier alpha value is -2.04. The van der Waals surface area contributed by atoms with Crippen LogP contribution in [0.5, 0.6) is 5.75 Å². The molecule has 0 radical (unpaired) electrons. The molecule has 0 unspecified atom stereocenters. The first kappa shape index (κ1) is 16.0. The number of carbonyl (C=O) groups is 1. The van der Waals surface area contributed by atoms with Crippen molar-refractivity contribution in [2.24, 2.45) is 5.16 Å². The third-order valence-electron chi connectivity index (χ3n) is 2.43. The van der Waals surface area contributed by atoms with Crippen LogP contribution in [0.15, 0.2) is 29.4 Å². The van der Waals surface area contributed by atoms with Gasteiger partial charge in [0.25, 0.3) is 0 Å². The zero-order valence-electron chi connectivity index (χ0n) is 12.3. The van der Waals surface area contributed by atoms with Crippen LogP contribution in [0.4, 0.5) is 10.5 Å². The summed E-state index contributed by atoms with van der Waals surface area (Å²) >= 11 is 0. The van der Waals surface area contributed by atoms with Crippen LogP contribution in [0.25, 0.3) is 0 Å². The van der Waals surface area contributed by atoms with Crippen LogP contribution in [0, 0.1) is 0 Å². The van der Waals surface area contributed by atoms with Gasteiger partial charge in [0.1, 0.15) is 5.75 Å². The Morgan fingerprint density at radius 3 is 2.50 bits per heavy atom. The second kappa shape index (κ2) is 8.96. The van der Waals surface area contributed by atoms with Gasteiger partial charge in [0.15, 0.2) is 0 Å². The van der Waals surface area contributed by atoms with Gasteiger partial charge in [-0.2, -0.15) is 0 Å². The zero-order valence-corrected chi connectivity index (χ0v) is 12.3. The molecule has 110 valence electrons. The highest BCUT2D eigenvalue weighted by Crippen LogP contribution is 2.16. The normalized spacial score (nSPS) is 9.75. The van der Waals surface area contributed by atoms with Crippen molar-refractivity contribution in [1.29, 1.82) is 0 Å². The largest absolute Gasteiger partial charge is 0.494 e. The molecule has 0 fully saturated rings. The number of unbranched alkanes of at least 4 members (excludes halogenated alkanes) is 2. The van der Waals surface area contributed by atoms with Gasteiger partial charge in [0, 0.05) is 5.69 Å². The summed E-state index contributed by atoms with van der Waals surface area (Å²) in [7, 11) is 0. The molecule has 5 heteroatoms. The maximum absolute atomic E-state index is 11.4. The number of amides is 1. The fourth-order valence-electron chi connectivity index (χ4n) is 1.45. The van der Waals surface area contributed by atoms with Crippen molar-refractivity contribution in [3.8, 4) is 5.75 Å². The van der Waals surface area contributed by atoms with E-state index in [0.717, 1.165) is 12.2 Å². The van der Waals surface area contributed by atoms with Gasteiger partial charge < -0.3 is 4.74 Å². The molecular formula is C15H22N2O3. The minimum atomic E-state index is -0.609. The second-order valence-corrected chi connectivity index (χ2v) is 4.62. The van der Waals surface area contributed by atoms with Gasteiger partial charge in [-0.1, -0.05) is 24.9 Å². The fraction of sp³-hybridized carbons (Fsp3) is 0.467. The van der Waals surface area contributed by atoms with Crippen LogP contribution >= 0.6 is 0 Å². The first-order chi connectivity index (χ1) is 9.61. The predicted octanol–water partition coefficient (Wildman–Crippen LogP) is 4.20. The zero-order chi connectivity index (χ0) is 14.8. The van der Waals surface area contributed by atoms with Crippen LogP contribution in [0.3, 0.4) is 0 Å². The third-order valence-corrected chi connectivity index (χ3v) is 2.43. The van der Waals surface area contributed by atoms with E-state index in [2.05, 4.69) is 22.2 Å². The van der Waals surface area contributed by atoms with Gasteiger partial charge in [-0.25, -0.2) is 4.79 Å². The summed E-state index contributed by atoms with van der Waals surface area (Å²) in [5.41, 5.74) is 1.32. The quantitative estimate of drug-likeness (QED) is 0.352. The van der Waals surface area contributed by atoms with Gasteiger partial charge in [0.05, 0.1) is 12.3 Å². The molecule has 0 atom stereocenters. The number of oxime groups is 1. The molecule has 1 N–H and O–H groups in total. The van der Waals surface area contributed by atoms with Gasteiger partial charge in [-0.3, -0.25) is 10.2 Å². The molecule has 0 heterocycles. The summed E-state index contributed by atoms with van der Waals surface area (Å²) in [6.07, 6.45) is 2.79. The lowest BCUT2D eigenvalue weighted by Crippen LogP contribution is -2.11. The van der Waals surface area contributed by atoms with E-state index in [0.29, 0.717) is 18.0 Å². The molecule has 1 rings (SSSR count). The predicted molar refractivity (Wildman–Crippen MR) is 80.3 cm³/mol. The van der Waals surface area contributed by atoms with E-state index in [4.69, 9.17) is 4.74 Å². The van der Waals surface area contributed by atoms with Crippen LogP contribution in [0.1, 0.15) is 40.0 Å². The Morgan fingerprint density at radius 1 is 1.20 bits per heavy atom. The number of rotatable bonds is 7. The summed E-state index contributed by atoms with van der Waals surface area (Å²) in [5, 5.41) is 6.15. The average molecular weight is 278 g/mol. The molecule has 1 aromatic rings. The Kier molecular flexibility index (Phi) is 7.17. The van der Waals surface area contributed by atoms with Crippen LogP contribution in [0.2, 0.25) is 0 Å². The summed E-state index contributed by atoms with van der Waals surface area (Å²) in [4.78, 5) is 16.0. The molecule has 0 saturated heterocycles. The monoisotopic (exact) mass is 278 g/mol. The minimum Gasteiger partial charge on any atom is -0.494 e. The molecule has 0 bridgehead atoms. The molecular weight excluding hydrogens is 256 g/mol. The lowest BCUT2D eigenvalue weighted by atomic mass is 10.2. The maximum atomic E-state index is 11.4. The number of benzene rings is 1. The van der Waals surface area contributed by atoms with E-state index >= 15 is 0 Å². The molecule has 0 aromatic heterocycles. The van der Waals surface area contributed by atoms with E-state index in [1.54, 1.807) is 26.0 Å². The van der Waals surface area contributed by atoms with Crippen molar-refractivity contribution in [2.45, 2.75) is 40.0 Å². The summed E-state index contributed by atoms with van der Waals surface area (Å²) in [6, 6.07) is 7.16. The topological polar surface area (TPSA) is 59.9 Å². The summed E-state index contributed by atoms with van der Waals surface area (Å²) < 4.78 is 5.58. The minimum absolute atomic E-state index is 0.609. The van der Waals surface area contributed by atoms with E-state index in [1.165, 1.54) is 12.8 Å². The third kappa shape index (κ3) is 6.78. The van der Waals surface area contributed by atoms with Gasteiger partial charge in [0.2, 0.25) is 0 Å². The molecule has 0 aliphatic carbocycles. The number of nitrogens with zero attached hydrogens (tertiary/aromatic N) is 1. The van der Waals surface area contributed by atoms with Crippen molar-refractivity contribution in [3.63, 3.8) is 0 Å². The van der Waals surface area contributed by atoms with Crippen LogP contribution < -0.4 is 10.1 Å². The SMILES string of the molecule is CCCCCOc1ccc(NC(=O)ON=C(C)C)cc1. The number of hydrogen-bond donors (Lipinski definition) is 1. The van der Waals surface area contributed by atoms with Crippen molar-refractivity contribution < 1.29 is 14.4 Å². The maximum Gasteiger partial charge on any atom is 0.437 e. The van der Waals surface area contributed by atoms with Crippen molar-refractivity contribution in [2.75, 3.05) is 11.9 Å². The first-order valence-corrected chi connectivity index (χ1v) is 6.84. The van der Waals surface area contributed by atoms with Crippen LogP contribution in [-0.4, -0.2) is 18.4 Å². The van der Waals surface area contributed by atoms with Crippen molar-refractivity contribution in [1.82, 2.24) is 0 Å². The van der Waals surface area contributed by atoms with E-state index in [9.17, 15) is 4.79 Å². The molecule has 0 spiro atoms. The van der Waals surface area contributed by atoms with E-state index in [-0.39, 0.29) is 0 Å². The van der Waals surface area contributed by atoms with Gasteiger partial charge in [-0.15, -0.1) is 0 Å². The van der Waals surface area contributed by atoms with E-state index in [1.807, 2.05) is 12.1 Å². The molecule has 0 saturated carbocycles. The number of nitrogens with one attached hydrogen (secondary N) is 1. The highest BCUT2D eigenvalue weighted by Gasteiger charge is 2.03. The molecule has 0 aliphatic rings. The Bertz CT molecular complexity index is 437. The highest BCUT2D eigenvalue weighted by atomic mass is 16.7. The molecule has 1 aromatic carbocycles. The number of hydrogen-bond acceptors (Lipinski definition) is 4. The van der Waals surface area contributed by atoms with Crippen LogP contribution in [-0.2, 0) is 4.84 Å². The average Bonchev–Trinajstić information content (AvgIpc) is 2.43. The summed E-state index contributed by atoms with van der Waals surface area (Å²) in [5.74, 6) is 0.794.